The van der Waals surface area contributed by atoms with Gasteiger partial charge in [0.05, 0.1) is 24.9 Å². The van der Waals surface area contributed by atoms with Crippen LogP contribution in [0.15, 0.2) is 30.5 Å². The van der Waals surface area contributed by atoms with E-state index in [0.29, 0.717) is 30.5 Å². The van der Waals surface area contributed by atoms with Gasteiger partial charge in [-0.15, -0.1) is 0 Å². The van der Waals surface area contributed by atoms with E-state index in [4.69, 9.17) is 17.0 Å². The summed E-state index contributed by atoms with van der Waals surface area (Å²) in [6.45, 7) is 9.40. The second-order valence-electron chi connectivity index (χ2n) is 7.79. The minimum Gasteiger partial charge on any atom is -0.469 e. The maximum Gasteiger partial charge on any atom is 0.305 e. The standard InChI is InChI=1S/C22H30N4O2S/c1-14(2)26-15(3)13-17(16(26)4)21-20(18-9-6-7-11-23-18)24-22(29)25(21)12-8-10-19(27)28-5/h6-7,9,11,13-14,20-21H,8,10,12H2,1-5H3,(H,24,29)/t20-,21+/m1/s1. The molecular formula is C22H30N4O2S. The van der Waals surface area contributed by atoms with Gasteiger partial charge in [0.2, 0.25) is 0 Å². The molecule has 2 atom stereocenters. The van der Waals surface area contributed by atoms with Crippen LogP contribution in [0.2, 0.25) is 0 Å². The highest BCUT2D eigenvalue weighted by Crippen LogP contribution is 2.41. The van der Waals surface area contributed by atoms with Crippen molar-refractivity contribution in [2.45, 2.75) is 58.7 Å². The van der Waals surface area contributed by atoms with Crippen LogP contribution in [-0.4, -0.2) is 39.2 Å². The van der Waals surface area contributed by atoms with Crippen LogP contribution in [0.5, 0.6) is 0 Å². The van der Waals surface area contributed by atoms with Crippen LogP contribution in [0.25, 0.3) is 0 Å². The van der Waals surface area contributed by atoms with Crippen LogP contribution in [-0.2, 0) is 9.53 Å². The summed E-state index contributed by atoms with van der Waals surface area (Å²) in [7, 11) is 1.42. The Morgan fingerprint density at radius 1 is 1.34 bits per heavy atom. The molecular weight excluding hydrogens is 384 g/mol. The van der Waals surface area contributed by atoms with E-state index in [0.717, 1.165) is 5.69 Å². The number of ether oxygens (including phenoxy) is 1. The highest BCUT2D eigenvalue weighted by molar-refractivity contribution is 7.80. The smallest absolute Gasteiger partial charge is 0.305 e. The molecule has 0 aliphatic carbocycles. The van der Waals surface area contributed by atoms with Crippen molar-refractivity contribution >= 4 is 23.3 Å². The predicted octanol–water partition coefficient (Wildman–Crippen LogP) is 4.01. The lowest BCUT2D eigenvalue weighted by Crippen LogP contribution is -2.31. The summed E-state index contributed by atoms with van der Waals surface area (Å²) in [5, 5.41) is 4.17. The van der Waals surface area contributed by atoms with E-state index < -0.39 is 0 Å². The molecule has 0 radical (unpaired) electrons. The molecule has 0 amide bonds. The number of aromatic nitrogens is 2. The molecule has 1 saturated heterocycles. The number of carbonyl (C=O) groups is 1. The van der Waals surface area contributed by atoms with Crippen LogP contribution in [0, 0.1) is 13.8 Å². The average Bonchev–Trinajstić information content (AvgIpc) is 3.18. The Morgan fingerprint density at radius 3 is 2.69 bits per heavy atom. The summed E-state index contributed by atoms with van der Waals surface area (Å²) in [4.78, 5) is 18.4. The van der Waals surface area contributed by atoms with E-state index in [1.807, 2.05) is 24.4 Å². The number of rotatable bonds is 7. The normalized spacial score (nSPS) is 19.0. The van der Waals surface area contributed by atoms with Crippen molar-refractivity contribution in [2.75, 3.05) is 13.7 Å². The van der Waals surface area contributed by atoms with Gasteiger partial charge in [0, 0.05) is 36.6 Å². The van der Waals surface area contributed by atoms with Gasteiger partial charge < -0.3 is 19.5 Å². The second-order valence-corrected chi connectivity index (χ2v) is 8.18. The molecule has 0 bridgehead atoms. The first-order valence-electron chi connectivity index (χ1n) is 10.1. The molecule has 7 heteroatoms. The summed E-state index contributed by atoms with van der Waals surface area (Å²) >= 11 is 5.70. The number of hydrogen-bond donors (Lipinski definition) is 1. The molecule has 3 rings (SSSR count). The van der Waals surface area contributed by atoms with Crippen molar-refractivity contribution in [2.24, 2.45) is 0 Å². The van der Waals surface area contributed by atoms with Crippen molar-refractivity contribution < 1.29 is 9.53 Å². The fourth-order valence-electron chi connectivity index (χ4n) is 4.38. The number of nitrogens with one attached hydrogen (secondary N) is 1. The van der Waals surface area contributed by atoms with Gasteiger partial charge in [0.15, 0.2) is 5.11 Å². The lowest BCUT2D eigenvalue weighted by molar-refractivity contribution is -0.140. The summed E-state index contributed by atoms with van der Waals surface area (Å²) < 4.78 is 7.15. The fourth-order valence-corrected chi connectivity index (χ4v) is 4.71. The predicted molar refractivity (Wildman–Crippen MR) is 118 cm³/mol. The van der Waals surface area contributed by atoms with Gasteiger partial charge in [0.25, 0.3) is 0 Å². The zero-order valence-electron chi connectivity index (χ0n) is 17.8. The zero-order valence-corrected chi connectivity index (χ0v) is 18.6. The first kappa shape index (κ1) is 21.3. The number of carbonyl (C=O) groups excluding carboxylic acids is 1. The Hall–Kier alpha value is -2.41. The number of esters is 1. The molecule has 0 spiro atoms. The van der Waals surface area contributed by atoms with Gasteiger partial charge in [-0.05, 0) is 70.1 Å². The lowest BCUT2D eigenvalue weighted by Gasteiger charge is -2.28. The van der Waals surface area contributed by atoms with Gasteiger partial charge in [-0.3, -0.25) is 9.78 Å². The highest BCUT2D eigenvalue weighted by Gasteiger charge is 2.41. The van der Waals surface area contributed by atoms with E-state index in [1.165, 1.54) is 24.1 Å². The van der Waals surface area contributed by atoms with Crippen LogP contribution in [0.3, 0.4) is 0 Å². The molecule has 2 aromatic rings. The van der Waals surface area contributed by atoms with Crippen molar-refractivity contribution in [3.63, 3.8) is 0 Å². The van der Waals surface area contributed by atoms with E-state index in [9.17, 15) is 4.79 Å². The Balaban J connectivity index is 1.99. The molecule has 156 valence electrons. The lowest BCUT2D eigenvalue weighted by atomic mass is 9.96. The molecule has 1 aliphatic heterocycles. The molecule has 0 unspecified atom stereocenters. The molecule has 0 saturated carbocycles. The number of hydrogen-bond acceptors (Lipinski definition) is 4. The molecule has 0 aromatic carbocycles. The van der Waals surface area contributed by atoms with Crippen molar-refractivity contribution in [1.29, 1.82) is 0 Å². The van der Waals surface area contributed by atoms with Crippen LogP contribution in [0.4, 0.5) is 0 Å². The topological polar surface area (TPSA) is 59.4 Å². The Morgan fingerprint density at radius 2 is 2.10 bits per heavy atom. The minimum absolute atomic E-state index is 0.0220. The average molecular weight is 415 g/mol. The van der Waals surface area contributed by atoms with E-state index in [2.05, 4.69) is 53.5 Å². The minimum atomic E-state index is -0.195. The molecule has 29 heavy (non-hydrogen) atoms. The Kier molecular flexibility index (Phi) is 6.57. The van der Waals surface area contributed by atoms with Crippen LogP contribution in [0.1, 0.15) is 67.5 Å². The van der Waals surface area contributed by atoms with Crippen molar-refractivity contribution in [1.82, 2.24) is 19.8 Å². The molecule has 1 N–H and O–H groups in total. The van der Waals surface area contributed by atoms with E-state index in [-0.39, 0.29) is 18.1 Å². The number of methoxy groups -OCH3 is 1. The van der Waals surface area contributed by atoms with Crippen LogP contribution >= 0.6 is 12.2 Å². The Bertz CT molecular complexity index is 878. The third-order valence-corrected chi connectivity index (χ3v) is 5.92. The molecule has 1 aliphatic rings. The molecule has 6 nitrogen and oxygen atoms in total. The van der Waals surface area contributed by atoms with Gasteiger partial charge in [-0.2, -0.15) is 0 Å². The maximum atomic E-state index is 11.6. The third-order valence-electron chi connectivity index (χ3n) is 5.56. The number of pyridine rings is 1. The summed E-state index contributed by atoms with van der Waals surface area (Å²) in [6, 6.07) is 8.58. The molecule has 1 fully saturated rings. The number of thiocarbonyl (C=S) groups is 1. The summed E-state index contributed by atoms with van der Waals surface area (Å²) in [5.41, 5.74) is 4.69. The second kappa shape index (κ2) is 8.95. The maximum absolute atomic E-state index is 11.6. The van der Waals surface area contributed by atoms with Gasteiger partial charge >= 0.3 is 5.97 Å². The van der Waals surface area contributed by atoms with E-state index >= 15 is 0 Å². The van der Waals surface area contributed by atoms with Crippen molar-refractivity contribution in [3.05, 3.63) is 53.1 Å². The van der Waals surface area contributed by atoms with Crippen molar-refractivity contribution in [3.8, 4) is 0 Å². The summed E-state index contributed by atoms with van der Waals surface area (Å²) in [5.74, 6) is -0.195. The zero-order chi connectivity index (χ0) is 21.1. The monoisotopic (exact) mass is 414 g/mol. The first-order valence-corrected chi connectivity index (χ1v) is 10.5. The van der Waals surface area contributed by atoms with Gasteiger partial charge in [-0.25, -0.2) is 0 Å². The van der Waals surface area contributed by atoms with Gasteiger partial charge in [0.1, 0.15) is 0 Å². The molecule has 2 aromatic heterocycles. The van der Waals surface area contributed by atoms with Gasteiger partial charge in [-0.1, -0.05) is 6.07 Å². The fraction of sp³-hybridized carbons (Fsp3) is 0.500. The Labute approximate surface area is 178 Å². The molecule has 3 heterocycles. The SMILES string of the molecule is COC(=O)CCCN1C(=S)N[C@H](c2ccccn2)[C@@H]1c1cc(C)n(C(C)C)c1C. The van der Waals surface area contributed by atoms with E-state index in [1.54, 1.807) is 0 Å². The number of aryl methyl sites for hydroxylation is 1. The highest BCUT2D eigenvalue weighted by atomic mass is 32.1. The summed E-state index contributed by atoms with van der Waals surface area (Å²) in [6.07, 6.45) is 2.87. The largest absolute Gasteiger partial charge is 0.469 e. The number of nitrogens with zero attached hydrogens (tertiary/aromatic N) is 3. The quantitative estimate of drug-likeness (QED) is 0.546. The van der Waals surface area contributed by atoms with Crippen LogP contribution < -0.4 is 5.32 Å². The first-order chi connectivity index (χ1) is 13.8. The third kappa shape index (κ3) is 4.29.